The summed E-state index contributed by atoms with van der Waals surface area (Å²) in [5.74, 6) is 6.39. The molecule has 1 saturated carbocycles. The first-order valence-electron chi connectivity index (χ1n) is 7.40. The third-order valence-corrected chi connectivity index (χ3v) is 3.37. The van der Waals surface area contributed by atoms with E-state index in [1.54, 1.807) is 0 Å². The van der Waals surface area contributed by atoms with Gasteiger partial charge in [0, 0.05) is 18.2 Å². The maximum atomic E-state index is 8.70. The van der Waals surface area contributed by atoms with Crippen molar-refractivity contribution in [2.24, 2.45) is 0 Å². The fraction of sp³-hybridized carbons (Fsp3) is 0.529. The lowest BCUT2D eigenvalue weighted by Crippen LogP contribution is -2.31. The molecule has 20 heavy (non-hydrogen) atoms. The Balaban J connectivity index is 1.81. The average Bonchev–Trinajstić information content (AvgIpc) is 3.29. The van der Waals surface area contributed by atoms with Gasteiger partial charge < -0.3 is 9.84 Å². The van der Waals surface area contributed by atoms with Crippen molar-refractivity contribution in [1.29, 1.82) is 0 Å². The highest BCUT2D eigenvalue weighted by Crippen LogP contribution is 2.26. The maximum absolute atomic E-state index is 8.70. The summed E-state index contributed by atoms with van der Waals surface area (Å²) in [5, 5.41) is 8.70. The summed E-state index contributed by atoms with van der Waals surface area (Å²) < 4.78 is 5.81. The van der Waals surface area contributed by atoms with Gasteiger partial charge in [0.2, 0.25) is 0 Å². The van der Waals surface area contributed by atoms with Gasteiger partial charge >= 0.3 is 0 Å². The second-order valence-electron chi connectivity index (χ2n) is 5.10. The minimum Gasteiger partial charge on any atom is -0.492 e. The standard InChI is InChI=1S/C17H23NO2/c1-2-10-18(16-8-9-16)11-13-20-17-7-3-5-15(14-17)6-4-12-19/h3,5,7,14,16,19H,2,8-13H2,1H3. The Kier molecular flexibility index (Phi) is 5.91. The lowest BCUT2D eigenvalue weighted by atomic mass is 10.2. The van der Waals surface area contributed by atoms with E-state index in [-0.39, 0.29) is 6.61 Å². The molecule has 0 saturated heterocycles. The third kappa shape index (κ3) is 4.88. The van der Waals surface area contributed by atoms with Crippen LogP contribution in [0.25, 0.3) is 0 Å². The fourth-order valence-electron chi connectivity index (χ4n) is 2.29. The first kappa shape index (κ1) is 14.9. The van der Waals surface area contributed by atoms with Crippen LogP contribution in [0, 0.1) is 11.8 Å². The highest BCUT2D eigenvalue weighted by Gasteiger charge is 2.27. The molecule has 0 atom stereocenters. The minimum absolute atomic E-state index is 0.113. The zero-order valence-electron chi connectivity index (χ0n) is 12.1. The van der Waals surface area contributed by atoms with Crippen LogP contribution in [0.5, 0.6) is 5.75 Å². The Morgan fingerprint density at radius 3 is 2.90 bits per heavy atom. The van der Waals surface area contributed by atoms with Crippen molar-refractivity contribution in [3.05, 3.63) is 29.8 Å². The predicted molar refractivity (Wildman–Crippen MR) is 80.8 cm³/mol. The molecule has 1 aromatic rings. The van der Waals surface area contributed by atoms with E-state index >= 15 is 0 Å². The second-order valence-corrected chi connectivity index (χ2v) is 5.10. The molecule has 0 bridgehead atoms. The van der Waals surface area contributed by atoms with Gasteiger partial charge in [-0.3, -0.25) is 4.90 Å². The highest BCUT2D eigenvalue weighted by atomic mass is 16.5. The van der Waals surface area contributed by atoms with Crippen LogP contribution in [0.15, 0.2) is 24.3 Å². The molecule has 1 aromatic carbocycles. The van der Waals surface area contributed by atoms with E-state index in [1.807, 2.05) is 24.3 Å². The molecule has 3 heteroatoms. The molecule has 0 radical (unpaired) electrons. The van der Waals surface area contributed by atoms with E-state index in [4.69, 9.17) is 9.84 Å². The van der Waals surface area contributed by atoms with Crippen LogP contribution >= 0.6 is 0 Å². The van der Waals surface area contributed by atoms with Crippen molar-refractivity contribution in [3.8, 4) is 17.6 Å². The van der Waals surface area contributed by atoms with Gasteiger partial charge in [-0.15, -0.1) is 0 Å². The first-order chi connectivity index (χ1) is 9.83. The SMILES string of the molecule is CCCN(CCOc1cccc(C#CCO)c1)C1CC1. The predicted octanol–water partition coefficient (Wildman–Crippen LogP) is 2.28. The number of benzene rings is 1. The summed E-state index contributed by atoms with van der Waals surface area (Å²) in [4.78, 5) is 2.52. The Morgan fingerprint density at radius 2 is 2.20 bits per heavy atom. The van der Waals surface area contributed by atoms with Gasteiger partial charge in [-0.25, -0.2) is 0 Å². The van der Waals surface area contributed by atoms with Crippen LogP contribution in [0.2, 0.25) is 0 Å². The van der Waals surface area contributed by atoms with Crippen molar-refractivity contribution >= 4 is 0 Å². The maximum Gasteiger partial charge on any atom is 0.120 e. The number of aliphatic hydroxyl groups is 1. The summed E-state index contributed by atoms with van der Waals surface area (Å²) in [6.07, 6.45) is 3.88. The van der Waals surface area contributed by atoms with E-state index in [1.165, 1.54) is 19.3 Å². The highest BCUT2D eigenvalue weighted by molar-refractivity contribution is 5.39. The third-order valence-electron chi connectivity index (χ3n) is 3.37. The summed E-state index contributed by atoms with van der Waals surface area (Å²) in [6.45, 7) is 4.98. The van der Waals surface area contributed by atoms with E-state index in [2.05, 4.69) is 23.7 Å². The summed E-state index contributed by atoms with van der Waals surface area (Å²) in [6, 6.07) is 8.51. The van der Waals surface area contributed by atoms with Crippen molar-refractivity contribution < 1.29 is 9.84 Å². The lowest BCUT2D eigenvalue weighted by Gasteiger charge is -2.21. The quantitative estimate of drug-likeness (QED) is 0.774. The molecule has 1 N–H and O–H groups in total. The van der Waals surface area contributed by atoms with Crippen LogP contribution < -0.4 is 4.74 Å². The zero-order chi connectivity index (χ0) is 14.2. The van der Waals surface area contributed by atoms with E-state index in [0.717, 1.165) is 30.4 Å². The summed E-state index contributed by atoms with van der Waals surface area (Å²) >= 11 is 0. The Bertz CT molecular complexity index is 471. The van der Waals surface area contributed by atoms with Crippen LogP contribution in [0.1, 0.15) is 31.7 Å². The number of ether oxygens (including phenoxy) is 1. The fourth-order valence-corrected chi connectivity index (χ4v) is 2.29. The molecular weight excluding hydrogens is 250 g/mol. The lowest BCUT2D eigenvalue weighted by molar-refractivity contribution is 0.202. The van der Waals surface area contributed by atoms with E-state index < -0.39 is 0 Å². The molecule has 1 aliphatic rings. The Labute approximate surface area is 121 Å². The molecule has 1 aliphatic carbocycles. The molecule has 0 unspecified atom stereocenters. The van der Waals surface area contributed by atoms with Gasteiger partial charge in [0.1, 0.15) is 19.0 Å². The van der Waals surface area contributed by atoms with Crippen molar-refractivity contribution in [3.63, 3.8) is 0 Å². The minimum atomic E-state index is -0.113. The molecule has 2 rings (SSSR count). The van der Waals surface area contributed by atoms with Crippen molar-refractivity contribution in [2.75, 3.05) is 26.3 Å². The van der Waals surface area contributed by atoms with E-state index in [9.17, 15) is 0 Å². The van der Waals surface area contributed by atoms with Gasteiger partial charge in [0.15, 0.2) is 0 Å². The number of nitrogens with zero attached hydrogens (tertiary/aromatic N) is 1. The molecule has 108 valence electrons. The second kappa shape index (κ2) is 7.94. The van der Waals surface area contributed by atoms with E-state index in [0.29, 0.717) is 6.61 Å². The molecule has 0 aliphatic heterocycles. The Morgan fingerprint density at radius 1 is 1.35 bits per heavy atom. The zero-order valence-corrected chi connectivity index (χ0v) is 12.1. The van der Waals surface area contributed by atoms with Gasteiger partial charge in [-0.1, -0.05) is 24.8 Å². The normalized spacial score (nSPS) is 13.9. The number of rotatable bonds is 7. The molecule has 3 nitrogen and oxygen atoms in total. The molecule has 0 spiro atoms. The van der Waals surface area contributed by atoms with Crippen LogP contribution in [0.3, 0.4) is 0 Å². The van der Waals surface area contributed by atoms with Gasteiger partial charge in [0.25, 0.3) is 0 Å². The van der Waals surface area contributed by atoms with Gasteiger partial charge in [-0.2, -0.15) is 0 Å². The average molecular weight is 273 g/mol. The monoisotopic (exact) mass is 273 g/mol. The van der Waals surface area contributed by atoms with Gasteiger partial charge in [-0.05, 0) is 44.0 Å². The summed E-state index contributed by atoms with van der Waals surface area (Å²) in [5.41, 5.74) is 0.879. The molecule has 0 heterocycles. The Hall–Kier alpha value is -1.50. The number of aliphatic hydroxyl groups excluding tert-OH is 1. The number of hydrogen-bond donors (Lipinski definition) is 1. The van der Waals surface area contributed by atoms with Crippen LogP contribution in [-0.4, -0.2) is 42.4 Å². The van der Waals surface area contributed by atoms with Crippen molar-refractivity contribution in [1.82, 2.24) is 4.90 Å². The van der Waals surface area contributed by atoms with Crippen LogP contribution in [0.4, 0.5) is 0 Å². The first-order valence-corrected chi connectivity index (χ1v) is 7.40. The largest absolute Gasteiger partial charge is 0.492 e. The van der Waals surface area contributed by atoms with Gasteiger partial charge in [0.05, 0.1) is 0 Å². The number of hydrogen-bond acceptors (Lipinski definition) is 3. The molecule has 1 fully saturated rings. The topological polar surface area (TPSA) is 32.7 Å². The molecule has 0 aromatic heterocycles. The molecule has 0 amide bonds. The molecular formula is C17H23NO2. The summed E-state index contributed by atoms with van der Waals surface area (Å²) in [7, 11) is 0. The smallest absolute Gasteiger partial charge is 0.120 e. The van der Waals surface area contributed by atoms with Crippen LogP contribution in [-0.2, 0) is 0 Å². The van der Waals surface area contributed by atoms with Crippen molar-refractivity contribution in [2.45, 2.75) is 32.2 Å².